The van der Waals surface area contributed by atoms with Gasteiger partial charge in [0.1, 0.15) is 0 Å². The van der Waals surface area contributed by atoms with Crippen LogP contribution in [-0.4, -0.2) is 47.8 Å². The van der Waals surface area contributed by atoms with Crippen LogP contribution in [0, 0.1) is 0 Å². The standard InChI is InChI=1S/C8H13NO3.ClH/c10-7(11)8(5-12-6-8)9-3-1-2-4-9;/h1-6H2,(H,10,11);1H. The summed E-state index contributed by atoms with van der Waals surface area (Å²) < 4.78 is 4.99. The van der Waals surface area contributed by atoms with Crippen molar-refractivity contribution in [3.8, 4) is 0 Å². The second kappa shape index (κ2) is 3.82. The lowest BCUT2D eigenvalue weighted by molar-refractivity contribution is -0.184. The third kappa shape index (κ3) is 1.54. The Balaban J connectivity index is 0.000000845. The molecule has 2 aliphatic heterocycles. The molecule has 76 valence electrons. The van der Waals surface area contributed by atoms with E-state index in [1.807, 2.05) is 4.90 Å². The van der Waals surface area contributed by atoms with Crippen LogP contribution in [0.5, 0.6) is 0 Å². The molecule has 0 aromatic rings. The summed E-state index contributed by atoms with van der Waals surface area (Å²) in [5, 5.41) is 9.02. The molecule has 1 N–H and O–H groups in total. The lowest BCUT2D eigenvalue weighted by Gasteiger charge is -2.44. The number of halogens is 1. The molecule has 0 amide bonds. The zero-order chi connectivity index (χ0) is 8.60. The van der Waals surface area contributed by atoms with Gasteiger partial charge >= 0.3 is 5.97 Å². The van der Waals surface area contributed by atoms with Crippen molar-refractivity contribution < 1.29 is 14.6 Å². The highest BCUT2D eigenvalue weighted by Crippen LogP contribution is 2.28. The first-order chi connectivity index (χ1) is 5.76. The van der Waals surface area contributed by atoms with E-state index in [1.54, 1.807) is 0 Å². The molecule has 2 aliphatic rings. The Hall–Kier alpha value is -0.320. The first-order valence-corrected chi connectivity index (χ1v) is 4.32. The Morgan fingerprint density at radius 3 is 2.15 bits per heavy atom. The third-order valence-corrected chi connectivity index (χ3v) is 2.79. The fourth-order valence-corrected chi connectivity index (χ4v) is 1.88. The van der Waals surface area contributed by atoms with Crippen LogP contribution in [0.1, 0.15) is 12.8 Å². The molecular formula is C8H14ClNO3. The number of carboxylic acid groups (broad SMARTS) is 1. The predicted octanol–water partition coefficient (Wildman–Crippen LogP) is 0.358. The average molecular weight is 208 g/mol. The smallest absolute Gasteiger partial charge is 0.328 e. The molecule has 0 spiro atoms. The summed E-state index contributed by atoms with van der Waals surface area (Å²) in [7, 11) is 0. The molecule has 2 saturated heterocycles. The molecule has 13 heavy (non-hydrogen) atoms. The van der Waals surface area contributed by atoms with Gasteiger partial charge in [-0.1, -0.05) is 0 Å². The maximum Gasteiger partial charge on any atom is 0.328 e. The Bertz CT molecular complexity index is 200. The summed E-state index contributed by atoms with van der Waals surface area (Å²) >= 11 is 0. The predicted molar refractivity (Wildman–Crippen MR) is 49.2 cm³/mol. The monoisotopic (exact) mass is 207 g/mol. The number of hydrogen-bond acceptors (Lipinski definition) is 3. The SMILES string of the molecule is Cl.O=C(O)C1(N2CCCC2)COC1. The molecule has 0 saturated carbocycles. The summed E-state index contributed by atoms with van der Waals surface area (Å²) in [6.07, 6.45) is 2.24. The minimum Gasteiger partial charge on any atom is -0.480 e. The maximum atomic E-state index is 11.0. The zero-order valence-electron chi connectivity index (χ0n) is 7.36. The zero-order valence-corrected chi connectivity index (χ0v) is 8.18. The molecular weight excluding hydrogens is 194 g/mol. The molecule has 0 radical (unpaired) electrons. The topological polar surface area (TPSA) is 49.8 Å². The van der Waals surface area contributed by atoms with E-state index in [2.05, 4.69) is 0 Å². The third-order valence-electron chi connectivity index (χ3n) is 2.79. The van der Waals surface area contributed by atoms with Gasteiger partial charge in [0.05, 0.1) is 13.2 Å². The molecule has 0 bridgehead atoms. The van der Waals surface area contributed by atoms with Gasteiger partial charge in [0.25, 0.3) is 0 Å². The minimum atomic E-state index is -0.726. The van der Waals surface area contributed by atoms with Gasteiger partial charge in [-0.3, -0.25) is 9.69 Å². The quantitative estimate of drug-likeness (QED) is 0.711. The fraction of sp³-hybridized carbons (Fsp3) is 0.875. The van der Waals surface area contributed by atoms with Gasteiger partial charge in [0.2, 0.25) is 0 Å². The number of carboxylic acids is 1. The number of nitrogens with zero attached hydrogens (tertiary/aromatic N) is 1. The van der Waals surface area contributed by atoms with Crippen molar-refractivity contribution in [1.82, 2.24) is 4.90 Å². The number of hydrogen-bond donors (Lipinski definition) is 1. The van der Waals surface area contributed by atoms with E-state index in [4.69, 9.17) is 9.84 Å². The van der Waals surface area contributed by atoms with Crippen LogP contribution in [0.3, 0.4) is 0 Å². The van der Waals surface area contributed by atoms with E-state index in [-0.39, 0.29) is 12.4 Å². The Morgan fingerprint density at radius 2 is 1.85 bits per heavy atom. The normalized spacial score (nSPS) is 26.2. The van der Waals surface area contributed by atoms with Crippen molar-refractivity contribution in [3.63, 3.8) is 0 Å². The van der Waals surface area contributed by atoms with Gasteiger partial charge in [-0.2, -0.15) is 0 Å². The van der Waals surface area contributed by atoms with Crippen molar-refractivity contribution >= 4 is 18.4 Å². The molecule has 4 nitrogen and oxygen atoms in total. The average Bonchev–Trinajstić information content (AvgIpc) is 2.35. The van der Waals surface area contributed by atoms with E-state index in [1.165, 1.54) is 0 Å². The number of aliphatic carboxylic acids is 1. The van der Waals surface area contributed by atoms with Crippen LogP contribution in [0.2, 0.25) is 0 Å². The van der Waals surface area contributed by atoms with Gasteiger partial charge in [0.15, 0.2) is 5.54 Å². The van der Waals surface area contributed by atoms with Gasteiger partial charge in [0, 0.05) is 0 Å². The van der Waals surface area contributed by atoms with Crippen LogP contribution in [0.4, 0.5) is 0 Å². The van der Waals surface area contributed by atoms with Crippen LogP contribution in [-0.2, 0) is 9.53 Å². The van der Waals surface area contributed by atoms with Gasteiger partial charge in [-0.15, -0.1) is 12.4 Å². The van der Waals surface area contributed by atoms with Crippen molar-refractivity contribution in [1.29, 1.82) is 0 Å². The fourth-order valence-electron chi connectivity index (χ4n) is 1.88. The molecule has 0 aromatic heterocycles. The first-order valence-electron chi connectivity index (χ1n) is 4.32. The maximum absolute atomic E-state index is 11.0. The number of ether oxygens (including phenoxy) is 1. The Kier molecular flexibility index (Phi) is 3.16. The van der Waals surface area contributed by atoms with Crippen LogP contribution in [0.15, 0.2) is 0 Å². The second-order valence-corrected chi connectivity index (χ2v) is 3.52. The van der Waals surface area contributed by atoms with Crippen molar-refractivity contribution in [2.45, 2.75) is 18.4 Å². The van der Waals surface area contributed by atoms with Crippen molar-refractivity contribution in [3.05, 3.63) is 0 Å². The van der Waals surface area contributed by atoms with Gasteiger partial charge < -0.3 is 9.84 Å². The Labute approximate surface area is 83.3 Å². The highest BCUT2D eigenvalue weighted by atomic mass is 35.5. The molecule has 0 unspecified atom stereocenters. The number of carbonyl (C=O) groups is 1. The summed E-state index contributed by atoms with van der Waals surface area (Å²) in [4.78, 5) is 13.0. The van der Waals surface area contributed by atoms with E-state index in [0.29, 0.717) is 13.2 Å². The van der Waals surface area contributed by atoms with Crippen LogP contribution >= 0.6 is 12.4 Å². The van der Waals surface area contributed by atoms with Crippen molar-refractivity contribution in [2.24, 2.45) is 0 Å². The Morgan fingerprint density at radius 1 is 1.31 bits per heavy atom. The van der Waals surface area contributed by atoms with E-state index >= 15 is 0 Å². The molecule has 2 rings (SSSR count). The largest absolute Gasteiger partial charge is 0.480 e. The lowest BCUT2D eigenvalue weighted by atomic mass is 9.96. The molecule has 2 fully saturated rings. The van der Waals surface area contributed by atoms with E-state index in [9.17, 15) is 4.79 Å². The summed E-state index contributed by atoms with van der Waals surface area (Å²) in [5.74, 6) is -0.726. The molecule has 5 heteroatoms. The highest BCUT2D eigenvalue weighted by Gasteiger charge is 2.51. The summed E-state index contributed by atoms with van der Waals surface area (Å²) in [6.45, 7) is 2.55. The van der Waals surface area contributed by atoms with Crippen LogP contribution < -0.4 is 0 Å². The van der Waals surface area contributed by atoms with Crippen molar-refractivity contribution in [2.75, 3.05) is 26.3 Å². The molecule has 0 aliphatic carbocycles. The molecule has 0 aromatic carbocycles. The van der Waals surface area contributed by atoms with Gasteiger partial charge in [-0.25, -0.2) is 0 Å². The number of likely N-dealkylation sites (tertiary alicyclic amines) is 1. The van der Waals surface area contributed by atoms with E-state index < -0.39 is 11.5 Å². The second-order valence-electron chi connectivity index (χ2n) is 3.52. The first kappa shape index (κ1) is 10.8. The highest BCUT2D eigenvalue weighted by molar-refractivity contribution is 5.85. The van der Waals surface area contributed by atoms with Crippen LogP contribution in [0.25, 0.3) is 0 Å². The minimum absolute atomic E-state index is 0. The van der Waals surface area contributed by atoms with E-state index in [0.717, 1.165) is 25.9 Å². The molecule has 0 atom stereocenters. The number of rotatable bonds is 2. The lowest BCUT2D eigenvalue weighted by Crippen LogP contribution is -2.66. The molecule has 2 heterocycles. The summed E-state index contributed by atoms with van der Waals surface area (Å²) in [5.41, 5.74) is -0.670. The van der Waals surface area contributed by atoms with Gasteiger partial charge in [-0.05, 0) is 25.9 Å². The summed E-state index contributed by atoms with van der Waals surface area (Å²) in [6, 6.07) is 0.